The van der Waals surface area contributed by atoms with Gasteiger partial charge in [-0.1, -0.05) is 93.8 Å². The quantitative estimate of drug-likeness (QED) is 0.258. The zero-order valence-corrected chi connectivity index (χ0v) is 13.7. The van der Waals surface area contributed by atoms with Crippen LogP contribution in [0.15, 0.2) is 41.4 Å². The second kappa shape index (κ2) is 11.6. The Balaban J connectivity index is 2.42. The average Bonchev–Trinajstić information content (AvgIpc) is 2.54. The highest BCUT2D eigenvalue weighted by molar-refractivity contribution is 6.31. The number of hydrogen-bond acceptors (Lipinski definition) is 1. The third-order valence-electron chi connectivity index (χ3n) is 3.39. The van der Waals surface area contributed by atoms with Crippen molar-refractivity contribution in [2.24, 2.45) is 0 Å². The monoisotopic (exact) mass is 308 g/mol. The fraction of sp³-hybridized carbons (Fsp3) is 0.526. The van der Waals surface area contributed by atoms with Gasteiger partial charge in [-0.2, -0.15) is 0 Å². The van der Waals surface area contributed by atoms with Gasteiger partial charge in [0.25, 0.3) is 0 Å². The van der Waals surface area contributed by atoms with Crippen LogP contribution >= 0.6 is 11.6 Å². The van der Waals surface area contributed by atoms with Crippen molar-refractivity contribution in [1.82, 2.24) is 0 Å². The van der Waals surface area contributed by atoms with Gasteiger partial charge in [-0.25, -0.2) is 0 Å². The van der Waals surface area contributed by atoms with E-state index in [2.05, 4.69) is 6.92 Å². The molecule has 0 saturated carbocycles. The van der Waals surface area contributed by atoms with Crippen LogP contribution in [0.3, 0.4) is 0 Å². The number of carbonyl (C=O) groups excluding carboxylic acids is 1. The van der Waals surface area contributed by atoms with Gasteiger partial charge in [0, 0.05) is 19.4 Å². The van der Waals surface area contributed by atoms with Crippen LogP contribution in [0.25, 0.3) is 0 Å². The fourth-order valence-corrected chi connectivity index (χ4v) is 2.34. The van der Waals surface area contributed by atoms with Gasteiger partial charge in [0.1, 0.15) is 0 Å². The van der Waals surface area contributed by atoms with Gasteiger partial charge in [0.2, 0.25) is 0 Å². The molecule has 0 aliphatic carbocycles. The minimum absolute atomic E-state index is 0.00247. The van der Waals surface area contributed by atoms with E-state index in [1.807, 2.05) is 6.07 Å². The maximum Gasteiger partial charge on any atom is 0.186 e. The van der Waals surface area contributed by atoms with Gasteiger partial charge in [-0.15, -0.1) is 0 Å². The molecule has 21 heavy (non-hydrogen) atoms. The molecule has 1 nitrogen and oxygen atoms in total. The van der Waals surface area contributed by atoms with E-state index in [4.69, 9.17) is 14.3 Å². The normalized spacial score (nSPS) is 13.7. The number of halogens is 1. The topological polar surface area (TPSA) is 17.1 Å². The first-order chi connectivity index (χ1) is 11.0. The molecule has 0 bridgehead atoms. The van der Waals surface area contributed by atoms with Crippen LogP contribution in [0.5, 0.6) is 0 Å². The second-order valence-corrected chi connectivity index (χ2v) is 5.68. The predicted molar refractivity (Wildman–Crippen MR) is 91.9 cm³/mol. The number of allylic oxidation sites excluding steroid dienone is 2. The maximum absolute atomic E-state index is 12.1. The lowest BCUT2D eigenvalue weighted by molar-refractivity contribution is 0.104. The van der Waals surface area contributed by atoms with Crippen molar-refractivity contribution in [3.8, 4) is 0 Å². The fourth-order valence-electron chi connectivity index (χ4n) is 2.14. The molecule has 0 unspecified atom stereocenters. The molecule has 0 heterocycles. The van der Waals surface area contributed by atoms with Crippen molar-refractivity contribution in [3.05, 3.63) is 47.0 Å². The average molecular weight is 309 g/mol. The summed E-state index contributed by atoms with van der Waals surface area (Å²) in [6, 6.07) is 8.80. The Bertz CT molecular complexity index is 497. The molecule has 0 aliphatic heterocycles. The lowest BCUT2D eigenvalue weighted by atomic mass is 10.1. The smallest absolute Gasteiger partial charge is 0.186 e. The molecule has 116 valence electrons. The van der Waals surface area contributed by atoms with Crippen molar-refractivity contribution in [2.75, 3.05) is 0 Å². The van der Waals surface area contributed by atoms with E-state index in [0.29, 0.717) is 12.0 Å². The first-order valence-corrected chi connectivity index (χ1v) is 8.32. The van der Waals surface area contributed by atoms with Gasteiger partial charge < -0.3 is 0 Å². The van der Waals surface area contributed by atoms with E-state index in [1.165, 1.54) is 31.8 Å². The molecule has 1 aromatic rings. The summed E-state index contributed by atoms with van der Waals surface area (Å²) in [4.78, 5) is 12.1. The van der Waals surface area contributed by atoms with Gasteiger partial charge in [0.05, 0.1) is 0 Å². The Kier molecular flexibility index (Phi) is 8.17. The first-order valence-electron chi connectivity index (χ1n) is 8.94. The van der Waals surface area contributed by atoms with E-state index >= 15 is 0 Å². The number of rotatable bonds is 11. The van der Waals surface area contributed by atoms with Crippen LogP contribution in [0.1, 0.15) is 77.8 Å². The molecule has 0 saturated heterocycles. The minimum atomic E-state index is -1.63. The molecule has 0 fully saturated rings. The highest BCUT2D eigenvalue weighted by Crippen LogP contribution is 2.16. The summed E-state index contributed by atoms with van der Waals surface area (Å²) in [7, 11) is 0. The Morgan fingerprint density at radius 1 is 1.05 bits per heavy atom. The van der Waals surface area contributed by atoms with Gasteiger partial charge in [-0.3, -0.25) is 4.79 Å². The molecule has 0 amide bonds. The Morgan fingerprint density at radius 3 is 2.24 bits per heavy atom. The first kappa shape index (κ1) is 14.8. The Hall–Kier alpha value is -1.08. The molecule has 0 N–H and O–H groups in total. The number of benzene rings is 1. The highest BCUT2D eigenvalue weighted by atomic mass is 35.5. The third-order valence-corrected chi connectivity index (χ3v) is 3.63. The van der Waals surface area contributed by atoms with Crippen molar-refractivity contribution >= 4 is 17.4 Å². The molecule has 2 heteroatoms. The number of carbonyl (C=O) groups is 1. The molecular weight excluding hydrogens is 280 g/mol. The van der Waals surface area contributed by atoms with Gasteiger partial charge in [-0.05, 0) is 12.8 Å². The number of ketones is 1. The van der Waals surface area contributed by atoms with Crippen LogP contribution in [0.2, 0.25) is 0 Å². The minimum Gasteiger partial charge on any atom is -0.289 e. The van der Waals surface area contributed by atoms with Crippen LogP contribution in [0, 0.1) is 0 Å². The second-order valence-electron chi connectivity index (χ2n) is 5.27. The molecular formula is C19H27ClO. The maximum atomic E-state index is 12.1. The largest absolute Gasteiger partial charge is 0.289 e. The van der Waals surface area contributed by atoms with Crippen molar-refractivity contribution in [2.45, 2.75) is 64.7 Å². The molecule has 0 radical (unpaired) electrons. The summed E-state index contributed by atoms with van der Waals surface area (Å²) in [6.45, 7) is 2.19. The summed E-state index contributed by atoms with van der Waals surface area (Å²) < 4.78 is 16.1. The summed E-state index contributed by atoms with van der Waals surface area (Å²) in [5.41, 5.74) is 0.525. The Labute approximate surface area is 137 Å². The van der Waals surface area contributed by atoms with Gasteiger partial charge in [0.15, 0.2) is 5.78 Å². The lowest BCUT2D eigenvalue weighted by Crippen LogP contribution is -1.94. The zero-order valence-electron chi connectivity index (χ0n) is 14.9. The molecule has 0 spiro atoms. The third kappa shape index (κ3) is 8.72. The molecule has 1 aromatic carbocycles. The van der Waals surface area contributed by atoms with Crippen LogP contribution in [-0.4, -0.2) is 5.78 Å². The summed E-state index contributed by atoms with van der Waals surface area (Å²) >= 11 is 6.06. The molecule has 0 aliphatic rings. The standard InChI is InChI=1S/C19H27ClO/c1-2-3-4-5-6-7-8-12-15-18(20)16-19(21)17-13-10-9-11-14-17/h9-11,13-14,16H,2-8,12,15H2,1H3/b18-16+/i15D2. The van der Waals surface area contributed by atoms with Crippen LogP contribution < -0.4 is 0 Å². The SMILES string of the molecule is [2H]C([2H])(CCCCCCCCC)/C(Cl)=C\C(=O)c1ccccc1. The summed E-state index contributed by atoms with van der Waals surface area (Å²) in [5.74, 6) is -0.251. The predicted octanol–water partition coefficient (Wildman–Crippen LogP) is 6.52. The number of hydrogen-bond donors (Lipinski definition) is 0. The zero-order chi connectivity index (χ0) is 17.1. The van der Waals surface area contributed by atoms with E-state index in [-0.39, 0.29) is 10.8 Å². The van der Waals surface area contributed by atoms with E-state index < -0.39 is 6.37 Å². The van der Waals surface area contributed by atoms with E-state index in [1.54, 1.807) is 24.3 Å². The van der Waals surface area contributed by atoms with Gasteiger partial charge >= 0.3 is 0 Å². The molecule has 0 atom stereocenters. The van der Waals surface area contributed by atoms with Crippen molar-refractivity contribution < 1.29 is 7.54 Å². The van der Waals surface area contributed by atoms with Crippen molar-refractivity contribution in [3.63, 3.8) is 0 Å². The Morgan fingerprint density at radius 2 is 1.62 bits per heavy atom. The van der Waals surface area contributed by atoms with Crippen LogP contribution in [0.4, 0.5) is 0 Å². The van der Waals surface area contributed by atoms with E-state index in [9.17, 15) is 4.79 Å². The summed E-state index contributed by atoms with van der Waals surface area (Å²) in [6.07, 6.45) is 7.88. The number of unbranched alkanes of at least 4 members (excludes halogenated alkanes) is 6. The molecule has 0 aromatic heterocycles. The highest BCUT2D eigenvalue weighted by Gasteiger charge is 2.03. The molecule has 1 rings (SSSR count). The summed E-state index contributed by atoms with van der Waals surface area (Å²) in [5, 5.41) is -0.00247. The van der Waals surface area contributed by atoms with E-state index in [0.717, 1.165) is 19.3 Å². The lowest BCUT2D eigenvalue weighted by Gasteiger charge is -2.02. The van der Waals surface area contributed by atoms with Crippen molar-refractivity contribution in [1.29, 1.82) is 0 Å². The van der Waals surface area contributed by atoms with Crippen LogP contribution in [-0.2, 0) is 0 Å².